The van der Waals surface area contributed by atoms with Crippen LogP contribution in [0.15, 0.2) is 64.4 Å². The molecule has 0 fully saturated rings. The second-order valence-electron chi connectivity index (χ2n) is 5.97. The Hall–Kier alpha value is -3.24. The lowest BCUT2D eigenvalue weighted by Crippen LogP contribution is -2.11. The molecule has 0 bridgehead atoms. The van der Waals surface area contributed by atoms with Crippen molar-refractivity contribution in [3.8, 4) is 17.1 Å². The molecular weight excluding hydrogens is 427 g/mol. The van der Waals surface area contributed by atoms with E-state index in [0.29, 0.717) is 33.2 Å². The topological polar surface area (TPSA) is 90.1 Å². The van der Waals surface area contributed by atoms with E-state index in [1.165, 1.54) is 35.2 Å². The highest BCUT2D eigenvalue weighted by molar-refractivity contribution is 7.98. The van der Waals surface area contributed by atoms with Gasteiger partial charge >= 0.3 is 0 Å². The van der Waals surface area contributed by atoms with Crippen LogP contribution in [0.2, 0.25) is 0 Å². The minimum absolute atomic E-state index is 0.265. The van der Waals surface area contributed by atoms with Crippen LogP contribution in [-0.2, 0) is 5.75 Å². The summed E-state index contributed by atoms with van der Waals surface area (Å²) in [5.74, 6) is 1.07. The van der Waals surface area contributed by atoms with Crippen molar-refractivity contribution in [1.82, 2.24) is 15.2 Å². The van der Waals surface area contributed by atoms with Crippen molar-refractivity contribution in [3.63, 3.8) is 0 Å². The van der Waals surface area contributed by atoms with E-state index in [1.807, 2.05) is 0 Å². The Labute approximate surface area is 179 Å². The van der Waals surface area contributed by atoms with Crippen LogP contribution >= 0.6 is 23.1 Å². The van der Waals surface area contributed by atoms with Crippen LogP contribution in [0.1, 0.15) is 14.8 Å². The maximum Gasteiger partial charge on any atom is 0.286 e. The van der Waals surface area contributed by atoms with E-state index in [0.717, 1.165) is 5.56 Å². The SMILES string of the molecule is COc1ccc(NC(=O)c2nnc(CSc3ncc(-c4ccc(F)cc4)o3)s2)cc1. The lowest BCUT2D eigenvalue weighted by atomic mass is 10.2. The number of hydrogen-bond donors (Lipinski definition) is 1. The first kappa shape index (κ1) is 20.0. The maximum absolute atomic E-state index is 13.0. The Morgan fingerprint density at radius 1 is 1.17 bits per heavy atom. The molecule has 4 aromatic rings. The molecule has 0 saturated carbocycles. The molecule has 1 N–H and O–H groups in total. The van der Waals surface area contributed by atoms with Gasteiger partial charge in [0.1, 0.15) is 16.6 Å². The normalized spacial score (nSPS) is 10.7. The lowest BCUT2D eigenvalue weighted by Gasteiger charge is -2.03. The third kappa shape index (κ3) is 4.84. The fourth-order valence-corrected chi connectivity index (χ4v) is 3.98. The molecule has 2 aromatic carbocycles. The molecule has 7 nitrogen and oxygen atoms in total. The minimum atomic E-state index is -0.330. The van der Waals surface area contributed by atoms with E-state index in [2.05, 4.69) is 20.5 Å². The molecule has 0 aliphatic carbocycles. The second-order valence-corrected chi connectivity index (χ2v) is 7.96. The number of oxazole rings is 1. The van der Waals surface area contributed by atoms with Crippen LogP contribution < -0.4 is 10.1 Å². The van der Waals surface area contributed by atoms with Gasteiger partial charge in [-0.2, -0.15) is 0 Å². The number of carbonyl (C=O) groups is 1. The third-order valence-electron chi connectivity index (χ3n) is 3.94. The summed E-state index contributed by atoms with van der Waals surface area (Å²) in [5, 5.41) is 12.2. The van der Waals surface area contributed by atoms with Crippen molar-refractivity contribution in [1.29, 1.82) is 0 Å². The number of aromatic nitrogens is 3. The number of thioether (sulfide) groups is 1. The zero-order valence-corrected chi connectivity index (χ0v) is 17.3. The first-order valence-electron chi connectivity index (χ1n) is 8.73. The molecule has 0 radical (unpaired) electrons. The molecule has 0 aliphatic heterocycles. The number of nitrogens with one attached hydrogen (secondary N) is 1. The molecule has 0 atom stereocenters. The van der Waals surface area contributed by atoms with Gasteiger partial charge in [0, 0.05) is 11.3 Å². The average Bonchev–Trinajstić information content (AvgIpc) is 3.43. The van der Waals surface area contributed by atoms with Crippen LogP contribution in [0.5, 0.6) is 5.75 Å². The summed E-state index contributed by atoms with van der Waals surface area (Å²) in [5.41, 5.74) is 1.38. The van der Waals surface area contributed by atoms with Gasteiger partial charge in [0.25, 0.3) is 11.1 Å². The van der Waals surface area contributed by atoms with Gasteiger partial charge in [-0.05, 0) is 48.5 Å². The Kier molecular flexibility index (Phi) is 6.05. The summed E-state index contributed by atoms with van der Waals surface area (Å²) in [6.45, 7) is 0. The second kappa shape index (κ2) is 9.06. The summed E-state index contributed by atoms with van der Waals surface area (Å²) in [6, 6.07) is 13.0. The number of rotatable bonds is 7. The summed E-state index contributed by atoms with van der Waals surface area (Å²) >= 11 is 2.54. The van der Waals surface area contributed by atoms with Crippen LogP contribution in [0.3, 0.4) is 0 Å². The lowest BCUT2D eigenvalue weighted by molar-refractivity contribution is 0.102. The summed E-state index contributed by atoms with van der Waals surface area (Å²) < 4.78 is 23.8. The number of halogens is 1. The van der Waals surface area contributed by atoms with E-state index >= 15 is 0 Å². The van der Waals surface area contributed by atoms with Crippen molar-refractivity contribution in [3.05, 3.63) is 70.6 Å². The molecule has 152 valence electrons. The smallest absolute Gasteiger partial charge is 0.286 e. The van der Waals surface area contributed by atoms with Gasteiger partial charge in [0.05, 0.1) is 19.1 Å². The summed E-state index contributed by atoms with van der Waals surface area (Å²) in [7, 11) is 1.58. The Morgan fingerprint density at radius 2 is 1.93 bits per heavy atom. The van der Waals surface area contributed by atoms with Crippen LogP contribution in [0, 0.1) is 5.82 Å². The van der Waals surface area contributed by atoms with Gasteiger partial charge in [0.15, 0.2) is 5.76 Å². The molecule has 0 saturated heterocycles. The van der Waals surface area contributed by atoms with Crippen LogP contribution in [0.4, 0.5) is 10.1 Å². The number of amides is 1. The number of benzene rings is 2. The van der Waals surface area contributed by atoms with Gasteiger partial charge in [0.2, 0.25) is 5.01 Å². The van der Waals surface area contributed by atoms with Crippen LogP contribution in [-0.4, -0.2) is 28.2 Å². The highest BCUT2D eigenvalue weighted by atomic mass is 32.2. The van der Waals surface area contributed by atoms with Gasteiger partial charge in [-0.1, -0.05) is 23.1 Å². The molecule has 0 aliphatic rings. The standard InChI is InChI=1S/C20H15FN4O3S2/c1-27-15-8-6-14(7-9-15)23-18(26)19-25-24-17(30-19)11-29-20-22-10-16(28-20)12-2-4-13(21)5-3-12/h2-10H,11H2,1H3,(H,23,26). The number of anilines is 1. The summed E-state index contributed by atoms with van der Waals surface area (Å²) in [4.78, 5) is 16.6. The number of carbonyl (C=O) groups excluding carboxylic acids is 1. The van der Waals surface area contributed by atoms with Crippen molar-refractivity contribution in [2.24, 2.45) is 0 Å². The maximum atomic E-state index is 13.0. The van der Waals surface area contributed by atoms with E-state index in [1.54, 1.807) is 49.7 Å². The molecule has 0 unspecified atom stereocenters. The van der Waals surface area contributed by atoms with Crippen LogP contribution in [0.25, 0.3) is 11.3 Å². The molecule has 2 aromatic heterocycles. The average molecular weight is 442 g/mol. The van der Waals surface area contributed by atoms with Gasteiger partial charge in [-0.15, -0.1) is 10.2 Å². The Morgan fingerprint density at radius 3 is 2.67 bits per heavy atom. The third-order valence-corrected chi connectivity index (χ3v) is 5.90. The highest BCUT2D eigenvalue weighted by Crippen LogP contribution is 2.28. The molecular formula is C20H15FN4O3S2. The van der Waals surface area contributed by atoms with Gasteiger partial charge in [-0.3, -0.25) is 4.79 Å². The molecule has 2 heterocycles. The predicted molar refractivity (Wildman–Crippen MR) is 112 cm³/mol. The van der Waals surface area contributed by atoms with E-state index in [4.69, 9.17) is 9.15 Å². The fourth-order valence-electron chi connectivity index (χ4n) is 2.46. The van der Waals surface area contributed by atoms with Crippen molar-refractivity contribution in [2.75, 3.05) is 12.4 Å². The largest absolute Gasteiger partial charge is 0.497 e. The minimum Gasteiger partial charge on any atom is -0.497 e. The zero-order chi connectivity index (χ0) is 20.9. The van der Waals surface area contributed by atoms with Gasteiger partial charge in [-0.25, -0.2) is 9.37 Å². The van der Waals surface area contributed by atoms with E-state index < -0.39 is 0 Å². The molecule has 1 amide bonds. The fraction of sp³-hybridized carbons (Fsp3) is 0.100. The van der Waals surface area contributed by atoms with E-state index in [-0.39, 0.29) is 16.7 Å². The molecule has 0 spiro atoms. The quantitative estimate of drug-likeness (QED) is 0.408. The summed E-state index contributed by atoms with van der Waals surface area (Å²) in [6.07, 6.45) is 1.59. The first-order valence-corrected chi connectivity index (χ1v) is 10.5. The van der Waals surface area contributed by atoms with E-state index in [9.17, 15) is 9.18 Å². The molecule has 10 heteroatoms. The number of ether oxygens (including phenoxy) is 1. The van der Waals surface area contributed by atoms with Crippen molar-refractivity contribution < 1.29 is 18.3 Å². The van der Waals surface area contributed by atoms with Gasteiger partial charge < -0.3 is 14.5 Å². The number of hydrogen-bond acceptors (Lipinski definition) is 8. The molecule has 30 heavy (non-hydrogen) atoms. The monoisotopic (exact) mass is 442 g/mol. The Balaban J connectivity index is 1.34. The first-order chi connectivity index (χ1) is 14.6. The zero-order valence-electron chi connectivity index (χ0n) is 15.7. The van der Waals surface area contributed by atoms with Crippen molar-refractivity contribution in [2.45, 2.75) is 11.0 Å². The van der Waals surface area contributed by atoms with Crippen molar-refractivity contribution >= 4 is 34.7 Å². The number of nitrogens with zero attached hydrogens (tertiary/aromatic N) is 3. The Bertz CT molecular complexity index is 1140. The highest BCUT2D eigenvalue weighted by Gasteiger charge is 2.15. The predicted octanol–water partition coefficient (Wildman–Crippen LogP) is 4.89. The molecule has 4 rings (SSSR count). The number of methoxy groups -OCH3 is 1.